The van der Waals surface area contributed by atoms with Gasteiger partial charge in [-0.2, -0.15) is 0 Å². The molecule has 1 spiro atoms. The first kappa shape index (κ1) is 29.0. The molecule has 2 saturated carbocycles. The zero-order chi connectivity index (χ0) is 31.0. The quantitative estimate of drug-likeness (QED) is 0.349. The molecule has 0 aromatic heterocycles. The molecule has 5 aliphatic rings. The number of carbonyl (C=O) groups excluding carboxylic acids is 2. The topological polar surface area (TPSA) is 88.5 Å². The number of carbonyl (C=O) groups is 2. The molecule has 3 fully saturated rings. The summed E-state index contributed by atoms with van der Waals surface area (Å²) in [4.78, 5) is 30.5. The molecule has 11 heteroatoms. The van der Waals surface area contributed by atoms with Gasteiger partial charge in [0.1, 0.15) is 17.5 Å². The minimum absolute atomic E-state index is 0.0247. The summed E-state index contributed by atoms with van der Waals surface area (Å²) in [5.41, 5.74) is 0.715. The van der Waals surface area contributed by atoms with Crippen molar-refractivity contribution in [2.45, 2.75) is 81.0 Å². The number of nitrogens with zero attached hydrogens (tertiary/aromatic N) is 2. The largest absolute Gasteiger partial charge is 0.573 e. The molecule has 2 aromatic carbocycles. The first-order chi connectivity index (χ1) is 20.9. The number of phenols is 1. The van der Waals surface area contributed by atoms with Gasteiger partial charge >= 0.3 is 12.3 Å². The van der Waals surface area contributed by atoms with Crippen molar-refractivity contribution in [2.24, 2.45) is 5.92 Å². The number of hydrogen-bond donors (Lipinski definition) is 1. The molecule has 7 rings (SSSR count). The fourth-order valence-electron chi connectivity index (χ4n) is 8.55. The number of ether oxygens (including phenoxy) is 3. The number of phenolic OH excluding ortho intramolecular Hbond substituents is 1. The third-order valence-electron chi connectivity index (χ3n) is 10.4. The van der Waals surface area contributed by atoms with Crippen molar-refractivity contribution in [2.75, 3.05) is 20.1 Å². The lowest BCUT2D eigenvalue weighted by molar-refractivity contribution is -0.274. The Morgan fingerprint density at radius 2 is 1.98 bits per heavy atom. The highest BCUT2D eigenvalue weighted by Crippen LogP contribution is 2.67. The highest BCUT2D eigenvalue weighted by molar-refractivity contribution is 5.92. The second kappa shape index (κ2) is 10.2. The van der Waals surface area contributed by atoms with Gasteiger partial charge in [-0.25, -0.2) is 0 Å². The molecular weight excluding hydrogens is 577 g/mol. The van der Waals surface area contributed by atoms with E-state index in [9.17, 15) is 27.9 Å². The Bertz CT molecular complexity index is 1540. The lowest BCUT2D eigenvalue weighted by atomic mass is 9.48. The highest BCUT2D eigenvalue weighted by Gasteiger charge is 2.75. The molecule has 0 unspecified atom stereocenters. The molecule has 1 N–H and O–H groups in total. The van der Waals surface area contributed by atoms with Crippen LogP contribution in [-0.2, 0) is 26.2 Å². The average Bonchev–Trinajstić information content (AvgIpc) is 3.70. The summed E-state index contributed by atoms with van der Waals surface area (Å²) in [7, 11) is 1.69. The van der Waals surface area contributed by atoms with Crippen LogP contribution in [0.15, 0.2) is 42.5 Å². The number of rotatable bonds is 7. The van der Waals surface area contributed by atoms with E-state index >= 15 is 0 Å². The third-order valence-corrected chi connectivity index (χ3v) is 10.4. The summed E-state index contributed by atoms with van der Waals surface area (Å²) >= 11 is 0. The number of aromatic hydroxyl groups is 1. The van der Waals surface area contributed by atoms with Crippen molar-refractivity contribution in [3.05, 3.63) is 59.2 Å². The van der Waals surface area contributed by atoms with Crippen LogP contribution >= 0.6 is 0 Å². The smallest absolute Gasteiger partial charge is 0.504 e. The number of hydrogen-bond acceptors (Lipinski definition) is 7. The fourth-order valence-corrected chi connectivity index (χ4v) is 8.55. The molecule has 8 nitrogen and oxygen atoms in total. The van der Waals surface area contributed by atoms with Gasteiger partial charge in [-0.15, -0.1) is 13.2 Å². The minimum Gasteiger partial charge on any atom is -0.504 e. The number of likely N-dealkylation sites (tertiary alicyclic amines) is 1. The van der Waals surface area contributed by atoms with Crippen molar-refractivity contribution < 1.29 is 42.1 Å². The predicted octanol–water partition coefficient (Wildman–Crippen LogP) is 4.97. The van der Waals surface area contributed by atoms with Crippen molar-refractivity contribution in [3.8, 4) is 17.2 Å². The molecule has 2 aromatic rings. The van der Waals surface area contributed by atoms with Gasteiger partial charge in [0.15, 0.2) is 11.5 Å². The van der Waals surface area contributed by atoms with E-state index in [0.29, 0.717) is 42.9 Å². The summed E-state index contributed by atoms with van der Waals surface area (Å²) in [5, 5.41) is 11.0. The van der Waals surface area contributed by atoms with E-state index in [4.69, 9.17) is 9.47 Å². The van der Waals surface area contributed by atoms with Crippen LogP contribution in [0.1, 0.15) is 55.7 Å². The maximum atomic E-state index is 13.6. The maximum absolute atomic E-state index is 13.6. The molecule has 44 heavy (non-hydrogen) atoms. The standard InChI is InChI=1S/C33H35F3N2O6/c1-19(39)43-32-13-12-24(37(2)27(41)11-8-20-4-3-5-23(16-20)44-33(34,35)36)30-31(32)14-15-38(18-21-6-7-21)26(32)17-22-9-10-25(40)29(42-30)28(22)31/h3-5,8-11,16,21,24,26,30,40H,6-7,12-15,17-18H2,1-2H3/t24-,26-,30+,31+,32-/m1/s1. The molecule has 2 aliphatic heterocycles. The van der Waals surface area contributed by atoms with E-state index < -0.39 is 29.5 Å². The summed E-state index contributed by atoms with van der Waals surface area (Å²) < 4.78 is 55.2. The SMILES string of the molecule is CC(=O)O[C@@]12CC[C@@H](N(C)C(=O)C=Cc3cccc(OC(F)(F)F)c3)[C@@H]3Oc4c(O)ccc5c4[C@@]31CCN(CC1CC1)[C@@H]2C5. The Hall–Kier alpha value is -3.73. The van der Waals surface area contributed by atoms with Crippen LogP contribution in [0.3, 0.4) is 0 Å². The normalized spacial score (nSPS) is 30.4. The average molecular weight is 613 g/mol. The van der Waals surface area contributed by atoms with Gasteiger partial charge in [-0.05, 0) is 86.4 Å². The molecule has 2 heterocycles. The van der Waals surface area contributed by atoms with Crippen molar-refractivity contribution in [1.82, 2.24) is 9.80 Å². The summed E-state index contributed by atoms with van der Waals surface area (Å²) in [6, 6.07) is 8.55. The van der Waals surface area contributed by atoms with E-state index in [1.165, 1.54) is 50.1 Å². The van der Waals surface area contributed by atoms with Gasteiger partial charge in [-0.3, -0.25) is 14.5 Å². The molecule has 0 radical (unpaired) electrons. The zero-order valence-corrected chi connectivity index (χ0v) is 24.6. The van der Waals surface area contributed by atoms with Gasteiger partial charge < -0.3 is 24.2 Å². The number of likely N-dealkylation sites (N-methyl/N-ethyl adjacent to an activating group) is 1. The maximum Gasteiger partial charge on any atom is 0.573 e. The van der Waals surface area contributed by atoms with Gasteiger partial charge in [0.2, 0.25) is 5.91 Å². The molecular formula is C33H35F3N2O6. The van der Waals surface area contributed by atoms with Crippen molar-refractivity contribution >= 4 is 18.0 Å². The Morgan fingerprint density at radius 1 is 1.18 bits per heavy atom. The Kier molecular flexibility index (Phi) is 6.69. The van der Waals surface area contributed by atoms with Gasteiger partial charge in [0.25, 0.3) is 0 Å². The van der Waals surface area contributed by atoms with Crippen LogP contribution in [0.25, 0.3) is 6.08 Å². The number of benzene rings is 2. The first-order valence-electron chi connectivity index (χ1n) is 15.2. The van der Waals surface area contributed by atoms with Gasteiger partial charge in [0, 0.05) is 32.2 Å². The molecule has 1 saturated heterocycles. The first-order valence-corrected chi connectivity index (χ1v) is 15.2. The molecule has 1 amide bonds. The van der Waals surface area contributed by atoms with Crippen LogP contribution < -0.4 is 9.47 Å². The summed E-state index contributed by atoms with van der Waals surface area (Å²) in [6.45, 7) is 3.19. The third kappa shape index (κ3) is 4.53. The minimum atomic E-state index is -4.82. The van der Waals surface area contributed by atoms with E-state index in [1.54, 1.807) is 24.1 Å². The van der Waals surface area contributed by atoms with Gasteiger partial charge in [-0.1, -0.05) is 18.2 Å². The lowest BCUT2D eigenvalue weighted by Gasteiger charge is -2.65. The Morgan fingerprint density at radius 3 is 2.70 bits per heavy atom. The van der Waals surface area contributed by atoms with Crippen LogP contribution in [-0.4, -0.2) is 77.1 Å². The van der Waals surface area contributed by atoms with E-state index in [2.05, 4.69) is 9.64 Å². The Labute approximate surface area is 253 Å². The number of piperidine rings is 1. The second-order valence-corrected chi connectivity index (χ2v) is 12.9. The monoisotopic (exact) mass is 612 g/mol. The van der Waals surface area contributed by atoms with Crippen LogP contribution in [0.2, 0.25) is 0 Å². The molecule has 5 atom stereocenters. The highest BCUT2D eigenvalue weighted by atomic mass is 19.4. The number of amides is 1. The number of halogens is 3. The molecule has 3 aliphatic carbocycles. The summed E-state index contributed by atoms with van der Waals surface area (Å²) in [5.74, 6) is -0.00340. The van der Waals surface area contributed by atoms with Crippen LogP contribution in [0.4, 0.5) is 13.2 Å². The van der Waals surface area contributed by atoms with Crippen molar-refractivity contribution in [3.63, 3.8) is 0 Å². The van der Waals surface area contributed by atoms with Gasteiger partial charge in [0.05, 0.1) is 17.5 Å². The molecule has 234 valence electrons. The zero-order valence-electron chi connectivity index (χ0n) is 24.6. The van der Waals surface area contributed by atoms with E-state index in [1.807, 2.05) is 6.07 Å². The predicted molar refractivity (Wildman–Crippen MR) is 153 cm³/mol. The lowest BCUT2D eigenvalue weighted by Crippen LogP contribution is -2.79. The summed E-state index contributed by atoms with van der Waals surface area (Å²) in [6.07, 6.45) is 2.15. The molecule has 2 bridgehead atoms. The van der Waals surface area contributed by atoms with Crippen LogP contribution in [0.5, 0.6) is 17.2 Å². The Balaban J connectivity index is 1.23. The van der Waals surface area contributed by atoms with Crippen molar-refractivity contribution in [1.29, 1.82) is 0 Å². The fraction of sp³-hybridized carbons (Fsp3) is 0.515. The van der Waals surface area contributed by atoms with E-state index in [-0.39, 0.29) is 29.4 Å². The van der Waals surface area contributed by atoms with Crippen LogP contribution in [0, 0.1) is 5.92 Å². The second-order valence-electron chi connectivity index (χ2n) is 12.9. The number of alkyl halides is 3. The van der Waals surface area contributed by atoms with E-state index in [0.717, 1.165) is 24.2 Å². The number of esters is 1.